The third-order valence-corrected chi connectivity index (χ3v) is 3.37. The molecule has 1 rings (SSSR count). The first kappa shape index (κ1) is 15.1. The van der Waals surface area contributed by atoms with Gasteiger partial charge in [0.2, 0.25) is 0 Å². The second kappa shape index (κ2) is 5.33. The molecule has 3 heteroatoms. The SMILES string of the molecule is CCCc1ccc(C(C)(F)CC)cc1C(C)(F)F. The molecule has 102 valence electrons. The van der Waals surface area contributed by atoms with E-state index in [0.29, 0.717) is 17.5 Å². The number of hydrogen-bond donors (Lipinski definition) is 0. The minimum absolute atomic E-state index is 0.0424. The number of alkyl halides is 3. The lowest BCUT2D eigenvalue weighted by atomic mass is 9.89. The van der Waals surface area contributed by atoms with Gasteiger partial charge in [0.15, 0.2) is 0 Å². The van der Waals surface area contributed by atoms with E-state index in [1.165, 1.54) is 13.0 Å². The first-order valence-electron chi connectivity index (χ1n) is 6.43. The fraction of sp³-hybridized carbons (Fsp3) is 0.600. The Hall–Kier alpha value is -0.990. The highest BCUT2D eigenvalue weighted by Gasteiger charge is 2.31. The predicted molar refractivity (Wildman–Crippen MR) is 68.8 cm³/mol. The Kier molecular flexibility index (Phi) is 4.46. The molecule has 0 radical (unpaired) electrons. The van der Waals surface area contributed by atoms with E-state index >= 15 is 0 Å². The van der Waals surface area contributed by atoms with Gasteiger partial charge in [-0.05, 0) is 37.0 Å². The van der Waals surface area contributed by atoms with Crippen LogP contribution < -0.4 is 0 Å². The Labute approximate surface area is 107 Å². The van der Waals surface area contributed by atoms with Crippen LogP contribution in [0.25, 0.3) is 0 Å². The van der Waals surface area contributed by atoms with Crippen LogP contribution in [0.3, 0.4) is 0 Å². The number of rotatable bonds is 5. The molecule has 0 aliphatic rings. The van der Waals surface area contributed by atoms with Gasteiger partial charge in [-0.15, -0.1) is 0 Å². The van der Waals surface area contributed by atoms with Gasteiger partial charge >= 0.3 is 0 Å². The fourth-order valence-corrected chi connectivity index (χ4v) is 2.00. The molecule has 0 bridgehead atoms. The van der Waals surface area contributed by atoms with Crippen molar-refractivity contribution in [1.29, 1.82) is 0 Å². The number of halogens is 3. The molecule has 0 fully saturated rings. The smallest absolute Gasteiger partial charge is 0.239 e. The first-order chi connectivity index (χ1) is 8.22. The molecule has 0 saturated heterocycles. The summed E-state index contributed by atoms with van der Waals surface area (Å²) in [5, 5.41) is 0. The molecule has 1 aromatic carbocycles. The summed E-state index contributed by atoms with van der Waals surface area (Å²) in [6, 6.07) is 4.59. The van der Waals surface area contributed by atoms with Crippen LogP contribution in [0, 0.1) is 0 Å². The zero-order valence-electron chi connectivity index (χ0n) is 11.5. The molecule has 0 aromatic heterocycles. The van der Waals surface area contributed by atoms with Crippen LogP contribution in [0.1, 0.15) is 57.2 Å². The zero-order chi connectivity index (χ0) is 14.0. The Balaban J connectivity index is 3.30. The quantitative estimate of drug-likeness (QED) is 0.668. The number of aryl methyl sites for hydroxylation is 1. The summed E-state index contributed by atoms with van der Waals surface area (Å²) in [5.41, 5.74) is -0.647. The van der Waals surface area contributed by atoms with Gasteiger partial charge in [-0.25, -0.2) is 13.2 Å². The monoisotopic (exact) mass is 258 g/mol. The van der Waals surface area contributed by atoms with Gasteiger partial charge in [0.1, 0.15) is 5.67 Å². The van der Waals surface area contributed by atoms with Crippen molar-refractivity contribution in [2.24, 2.45) is 0 Å². The van der Waals surface area contributed by atoms with Crippen LogP contribution in [0.2, 0.25) is 0 Å². The minimum Gasteiger partial charge on any atom is -0.239 e. The van der Waals surface area contributed by atoms with Gasteiger partial charge in [0.25, 0.3) is 5.92 Å². The highest BCUT2D eigenvalue weighted by atomic mass is 19.3. The van der Waals surface area contributed by atoms with Gasteiger partial charge in [-0.1, -0.05) is 32.4 Å². The highest BCUT2D eigenvalue weighted by Crippen LogP contribution is 2.36. The number of benzene rings is 1. The molecule has 0 aliphatic carbocycles. The highest BCUT2D eigenvalue weighted by molar-refractivity contribution is 5.37. The van der Waals surface area contributed by atoms with Gasteiger partial charge < -0.3 is 0 Å². The van der Waals surface area contributed by atoms with E-state index in [4.69, 9.17) is 0 Å². The van der Waals surface area contributed by atoms with E-state index in [1.54, 1.807) is 19.1 Å². The van der Waals surface area contributed by atoms with Crippen molar-refractivity contribution >= 4 is 0 Å². The van der Waals surface area contributed by atoms with Gasteiger partial charge in [0.05, 0.1) is 0 Å². The lowest BCUT2D eigenvalue weighted by molar-refractivity contribution is 0.0162. The van der Waals surface area contributed by atoms with Crippen molar-refractivity contribution in [1.82, 2.24) is 0 Å². The van der Waals surface area contributed by atoms with E-state index in [9.17, 15) is 13.2 Å². The summed E-state index contributed by atoms with van der Waals surface area (Å²) in [7, 11) is 0. The van der Waals surface area contributed by atoms with Crippen LogP contribution in [-0.2, 0) is 18.0 Å². The van der Waals surface area contributed by atoms with Gasteiger partial charge in [0, 0.05) is 12.5 Å². The third kappa shape index (κ3) is 3.27. The molecule has 0 spiro atoms. The van der Waals surface area contributed by atoms with Crippen LogP contribution in [-0.4, -0.2) is 0 Å². The maximum Gasteiger partial charge on any atom is 0.270 e. The largest absolute Gasteiger partial charge is 0.270 e. The second-order valence-corrected chi connectivity index (χ2v) is 5.06. The van der Waals surface area contributed by atoms with E-state index in [0.717, 1.165) is 13.3 Å². The van der Waals surface area contributed by atoms with Gasteiger partial charge in [-0.3, -0.25) is 0 Å². The Morgan fingerprint density at radius 2 is 1.67 bits per heavy atom. The maximum absolute atomic E-state index is 14.2. The molecule has 1 unspecified atom stereocenters. The summed E-state index contributed by atoms with van der Waals surface area (Å²) in [4.78, 5) is 0. The summed E-state index contributed by atoms with van der Waals surface area (Å²) in [6.07, 6.45) is 1.66. The predicted octanol–water partition coefficient (Wildman–Crippen LogP) is 5.35. The van der Waals surface area contributed by atoms with E-state index in [2.05, 4.69) is 0 Å². The van der Waals surface area contributed by atoms with Crippen molar-refractivity contribution in [3.05, 3.63) is 34.9 Å². The van der Waals surface area contributed by atoms with Crippen LogP contribution >= 0.6 is 0 Å². The van der Waals surface area contributed by atoms with E-state index < -0.39 is 11.6 Å². The Morgan fingerprint density at radius 3 is 2.11 bits per heavy atom. The molecular formula is C15H21F3. The average molecular weight is 258 g/mol. The zero-order valence-corrected chi connectivity index (χ0v) is 11.5. The molecule has 18 heavy (non-hydrogen) atoms. The summed E-state index contributed by atoms with van der Waals surface area (Å²) in [5.74, 6) is -2.93. The molecule has 0 saturated carbocycles. The van der Waals surface area contributed by atoms with E-state index in [1.807, 2.05) is 6.92 Å². The lowest BCUT2D eigenvalue weighted by Gasteiger charge is -2.23. The molecule has 1 aromatic rings. The number of hydrogen-bond acceptors (Lipinski definition) is 0. The van der Waals surface area contributed by atoms with Crippen LogP contribution in [0.15, 0.2) is 18.2 Å². The Bertz CT molecular complexity index is 403. The molecule has 0 heterocycles. The van der Waals surface area contributed by atoms with E-state index in [-0.39, 0.29) is 12.0 Å². The Morgan fingerprint density at radius 1 is 1.06 bits per heavy atom. The van der Waals surface area contributed by atoms with Crippen molar-refractivity contribution in [2.75, 3.05) is 0 Å². The summed E-state index contributed by atoms with van der Waals surface area (Å²) < 4.78 is 41.4. The summed E-state index contributed by atoms with van der Waals surface area (Å²) in [6.45, 7) is 5.95. The van der Waals surface area contributed by atoms with Crippen LogP contribution in [0.4, 0.5) is 13.2 Å². The molecule has 0 N–H and O–H groups in total. The minimum atomic E-state index is -2.93. The van der Waals surface area contributed by atoms with Crippen LogP contribution in [0.5, 0.6) is 0 Å². The molecular weight excluding hydrogens is 237 g/mol. The van der Waals surface area contributed by atoms with Crippen molar-refractivity contribution in [3.8, 4) is 0 Å². The molecule has 0 amide bonds. The topological polar surface area (TPSA) is 0 Å². The van der Waals surface area contributed by atoms with Crippen molar-refractivity contribution < 1.29 is 13.2 Å². The molecule has 0 nitrogen and oxygen atoms in total. The third-order valence-electron chi connectivity index (χ3n) is 3.37. The standard InChI is InChI=1S/C15H21F3/c1-5-7-11-8-9-12(14(3,16)6-2)10-13(11)15(4,17)18/h8-10H,5-7H2,1-4H3. The van der Waals surface area contributed by atoms with Gasteiger partial charge in [-0.2, -0.15) is 0 Å². The van der Waals surface area contributed by atoms with Crippen molar-refractivity contribution in [2.45, 2.75) is 58.5 Å². The summed E-state index contributed by atoms with van der Waals surface area (Å²) >= 11 is 0. The molecule has 1 atom stereocenters. The second-order valence-electron chi connectivity index (χ2n) is 5.06. The lowest BCUT2D eigenvalue weighted by Crippen LogP contribution is -2.17. The van der Waals surface area contributed by atoms with Crippen molar-refractivity contribution in [3.63, 3.8) is 0 Å². The normalized spacial score (nSPS) is 15.5. The fourth-order valence-electron chi connectivity index (χ4n) is 2.00. The average Bonchev–Trinajstić information content (AvgIpc) is 2.28. The molecule has 0 aliphatic heterocycles. The maximum atomic E-state index is 14.2. The first-order valence-corrected chi connectivity index (χ1v) is 6.43.